The molecule has 0 unspecified atom stereocenters. The fourth-order valence-electron chi connectivity index (χ4n) is 6.71. The summed E-state index contributed by atoms with van der Waals surface area (Å²) in [5.74, 6) is 0.397. The van der Waals surface area contributed by atoms with Crippen molar-refractivity contribution < 1.29 is 14.4 Å². The van der Waals surface area contributed by atoms with Gasteiger partial charge in [0, 0.05) is 51.9 Å². The lowest BCUT2D eigenvalue weighted by molar-refractivity contribution is -0.130. The first-order valence-corrected chi connectivity index (χ1v) is 15.1. The predicted octanol–water partition coefficient (Wildman–Crippen LogP) is 2.52. The molecule has 2 N–H and O–H groups in total. The number of rotatable bonds is 8. The maximum absolute atomic E-state index is 13.1. The maximum Gasteiger partial charge on any atom is 0.253 e. The van der Waals surface area contributed by atoms with Crippen molar-refractivity contribution in [1.82, 2.24) is 35.2 Å². The molecule has 2 aliphatic rings. The van der Waals surface area contributed by atoms with Gasteiger partial charge in [-0.1, -0.05) is 12.1 Å². The number of fused-ring (bicyclic) bond motifs is 2. The number of hydrogen-bond donors (Lipinski definition) is 2. The topological polar surface area (TPSA) is 138 Å². The van der Waals surface area contributed by atoms with Gasteiger partial charge in [-0.2, -0.15) is 5.26 Å². The molecular weight excluding hydrogens is 556 g/mol. The zero-order valence-corrected chi connectivity index (χ0v) is 26.1. The van der Waals surface area contributed by atoms with Crippen LogP contribution in [0.25, 0.3) is 0 Å². The van der Waals surface area contributed by atoms with Gasteiger partial charge < -0.3 is 25.0 Å². The molecule has 230 valence electrons. The molecule has 1 aromatic heterocycles. The smallest absolute Gasteiger partial charge is 0.253 e. The van der Waals surface area contributed by atoms with Crippen molar-refractivity contribution in [3.05, 3.63) is 81.9 Å². The third-order valence-electron chi connectivity index (χ3n) is 8.86. The molecule has 44 heavy (non-hydrogen) atoms. The number of aromatic amines is 1. The van der Waals surface area contributed by atoms with Crippen LogP contribution in [0.15, 0.2) is 42.7 Å². The summed E-state index contributed by atoms with van der Waals surface area (Å²) in [7, 11) is 6.95. The Morgan fingerprint density at radius 2 is 1.64 bits per heavy atom. The first kappa shape index (κ1) is 30.9. The molecule has 1 aliphatic heterocycles. The Morgan fingerprint density at radius 1 is 1.05 bits per heavy atom. The first-order valence-electron chi connectivity index (χ1n) is 15.1. The van der Waals surface area contributed by atoms with Crippen LogP contribution in [0.2, 0.25) is 0 Å². The van der Waals surface area contributed by atoms with Crippen LogP contribution in [0.3, 0.4) is 0 Å². The monoisotopic (exact) mass is 596 g/mol. The van der Waals surface area contributed by atoms with E-state index in [2.05, 4.69) is 26.6 Å². The standard InChI is InChI=1S/C33H40N8O3/c1-21(35-19-29(42)41-14-6-7-26(41)18-34)17-33(32-36-20-37-38-32)27-12-10-24(30(43)39(2)3)15-22(27)8-9-23-16-25(11-13-28(23)33)31(44)40(4)5/h10-13,15-16,20-21,26,35H,6-9,14,17,19H2,1-5H3,(H,36,37,38)/t21-,26-/m0/s1. The number of nitriles is 1. The molecule has 1 fully saturated rings. The number of benzene rings is 2. The third kappa shape index (κ3) is 5.69. The van der Waals surface area contributed by atoms with E-state index in [0.717, 1.165) is 28.7 Å². The van der Waals surface area contributed by atoms with Gasteiger partial charge in [0.25, 0.3) is 11.8 Å². The van der Waals surface area contributed by atoms with E-state index in [0.29, 0.717) is 49.2 Å². The highest BCUT2D eigenvalue weighted by Gasteiger charge is 2.45. The summed E-state index contributed by atoms with van der Waals surface area (Å²) < 4.78 is 0. The summed E-state index contributed by atoms with van der Waals surface area (Å²) in [5.41, 5.74) is 4.41. The van der Waals surface area contributed by atoms with Crippen LogP contribution in [0.4, 0.5) is 0 Å². The summed E-state index contributed by atoms with van der Waals surface area (Å²) in [6, 6.07) is 13.4. The van der Waals surface area contributed by atoms with Crippen molar-refractivity contribution >= 4 is 17.7 Å². The lowest BCUT2D eigenvalue weighted by Gasteiger charge is -2.37. The van der Waals surface area contributed by atoms with Crippen LogP contribution in [0, 0.1) is 11.3 Å². The lowest BCUT2D eigenvalue weighted by atomic mass is 9.67. The number of hydrogen-bond acceptors (Lipinski definition) is 7. The molecule has 0 saturated carbocycles. The van der Waals surface area contributed by atoms with Gasteiger partial charge in [0.2, 0.25) is 5.91 Å². The van der Waals surface area contributed by atoms with Crippen LogP contribution in [0.5, 0.6) is 0 Å². The SMILES string of the molecule is C[C@@H](CC1(c2nnc[nH]2)c2ccc(C(=O)N(C)C)cc2CCc2cc(C(=O)N(C)C)ccc21)NCC(=O)N1CCC[C@H]1C#N. The highest BCUT2D eigenvalue weighted by molar-refractivity contribution is 5.95. The number of likely N-dealkylation sites (tertiary alicyclic amines) is 1. The Bertz CT molecular complexity index is 1520. The van der Waals surface area contributed by atoms with E-state index in [1.807, 2.05) is 43.3 Å². The third-order valence-corrected chi connectivity index (χ3v) is 8.86. The summed E-state index contributed by atoms with van der Waals surface area (Å²) in [6.07, 6.45) is 4.94. The molecule has 0 spiro atoms. The largest absolute Gasteiger partial charge is 0.345 e. The van der Waals surface area contributed by atoms with E-state index in [9.17, 15) is 19.6 Å². The van der Waals surface area contributed by atoms with Crippen LogP contribution in [0.1, 0.15) is 75.0 Å². The van der Waals surface area contributed by atoms with E-state index in [-0.39, 0.29) is 36.3 Å². The number of H-pyrrole nitrogens is 1. The minimum absolute atomic E-state index is 0.0789. The van der Waals surface area contributed by atoms with Gasteiger partial charge in [-0.15, -0.1) is 10.2 Å². The van der Waals surface area contributed by atoms with Crippen LogP contribution in [-0.2, 0) is 23.1 Å². The van der Waals surface area contributed by atoms with Crippen molar-refractivity contribution in [3.63, 3.8) is 0 Å². The van der Waals surface area contributed by atoms with Gasteiger partial charge in [-0.25, -0.2) is 0 Å². The van der Waals surface area contributed by atoms with E-state index in [1.165, 1.54) is 0 Å². The Hall–Kier alpha value is -4.56. The second-order valence-electron chi connectivity index (χ2n) is 12.2. The number of aryl methyl sites for hydroxylation is 2. The highest BCUT2D eigenvalue weighted by atomic mass is 16.2. The molecule has 11 nitrogen and oxygen atoms in total. The van der Waals surface area contributed by atoms with E-state index < -0.39 is 5.41 Å². The molecule has 3 aromatic rings. The second-order valence-corrected chi connectivity index (χ2v) is 12.2. The fourth-order valence-corrected chi connectivity index (χ4v) is 6.71. The normalized spacial score (nSPS) is 17.5. The van der Waals surface area contributed by atoms with Gasteiger partial charge in [-0.05, 0) is 85.5 Å². The molecule has 2 atom stereocenters. The van der Waals surface area contributed by atoms with Crippen molar-refractivity contribution in [2.75, 3.05) is 41.3 Å². The van der Waals surface area contributed by atoms with Crippen molar-refractivity contribution in [2.45, 2.75) is 56.5 Å². The summed E-state index contributed by atoms with van der Waals surface area (Å²) in [6.45, 7) is 2.74. The van der Waals surface area contributed by atoms with Crippen LogP contribution < -0.4 is 5.32 Å². The summed E-state index contributed by atoms with van der Waals surface area (Å²) >= 11 is 0. The number of aromatic nitrogens is 3. The fraction of sp³-hybridized carbons (Fsp3) is 0.455. The summed E-state index contributed by atoms with van der Waals surface area (Å²) in [4.78, 5) is 47.1. The number of nitrogens with zero attached hydrogens (tertiary/aromatic N) is 6. The van der Waals surface area contributed by atoms with Crippen molar-refractivity contribution in [2.24, 2.45) is 0 Å². The average molecular weight is 597 g/mol. The minimum atomic E-state index is -0.824. The van der Waals surface area contributed by atoms with E-state index in [4.69, 9.17) is 0 Å². The number of carbonyl (C=O) groups is 3. The first-order chi connectivity index (χ1) is 21.1. The van der Waals surface area contributed by atoms with E-state index in [1.54, 1.807) is 49.2 Å². The molecule has 1 saturated heterocycles. The molecular formula is C33H40N8O3. The molecule has 5 rings (SSSR count). The lowest BCUT2D eigenvalue weighted by Crippen LogP contribution is -2.45. The zero-order chi connectivity index (χ0) is 31.6. The quantitative estimate of drug-likeness (QED) is 0.408. The van der Waals surface area contributed by atoms with E-state index >= 15 is 0 Å². The van der Waals surface area contributed by atoms with Crippen LogP contribution >= 0.6 is 0 Å². The van der Waals surface area contributed by atoms with Gasteiger partial charge >= 0.3 is 0 Å². The van der Waals surface area contributed by atoms with Crippen molar-refractivity contribution in [3.8, 4) is 6.07 Å². The highest BCUT2D eigenvalue weighted by Crippen LogP contribution is 2.47. The minimum Gasteiger partial charge on any atom is -0.345 e. The predicted molar refractivity (Wildman–Crippen MR) is 165 cm³/mol. The molecule has 0 radical (unpaired) electrons. The molecule has 1 aliphatic carbocycles. The van der Waals surface area contributed by atoms with Crippen LogP contribution in [-0.4, -0.2) is 101 Å². The molecule has 3 amide bonds. The van der Waals surface area contributed by atoms with Gasteiger partial charge in [0.15, 0.2) is 0 Å². The molecule has 2 aromatic carbocycles. The summed E-state index contributed by atoms with van der Waals surface area (Å²) in [5, 5.41) is 21.6. The Kier molecular flexibility index (Phi) is 8.83. The molecule has 2 heterocycles. The number of nitrogens with one attached hydrogen (secondary N) is 2. The molecule has 11 heteroatoms. The second kappa shape index (κ2) is 12.6. The molecule has 0 bridgehead atoms. The Balaban J connectivity index is 1.60. The average Bonchev–Trinajstić information content (AvgIpc) is 3.71. The van der Waals surface area contributed by atoms with Gasteiger partial charge in [0.05, 0.1) is 18.0 Å². The van der Waals surface area contributed by atoms with Gasteiger partial charge in [-0.3, -0.25) is 14.4 Å². The zero-order valence-electron chi connectivity index (χ0n) is 26.1. The van der Waals surface area contributed by atoms with Gasteiger partial charge in [0.1, 0.15) is 18.2 Å². The number of carbonyl (C=O) groups excluding carboxylic acids is 3. The Labute approximate surface area is 258 Å². The van der Waals surface area contributed by atoms with Crippen molar-refractivity contribution in [1.29, 1.82) is 5.26 Å². The Morgan fingerprint density at radius 3 is 2.14 bits per heavy atom. The number of amides is 3. The maximum atomic E-state index is 13.1.